The van der Waals surface area contributed by atoms with Crippen molar-refractivity contribution in [2.75, 3.05) is 6.26 Å². The quantitative estimate of drug-likeness (QED) is 0.598. The van der Waals surface area contributed by atoms with Crippen LogP contribution in [0.25, 0.3) is 11.0 Å². The lowest BCUT2D eigenvalue weighted by molar-refractivity contribution is 0.655. The molecule has 78 valence electrons. The molecule has 0 N–H and O–H groups in total. The van der Waals surface area contributed by atoms with Gasteiger partial charge in [-0.3, -0.25) is 0 Å². The highest BCUT2D eigenvalue weighted by molar-refractivity contribution is 7.98. The smallest absolute Gasteiger partial charge is 0.189 e. The van der Waals surface area contributed by atoms with Crippen molar-refractivity contribution in [2.45, 2.75) is 24.0 Å². The number of thioether (sulfide) groups is 1. The minimum Gasteiger partial charge on any atom is -0.243 e. The van der Waals surface area contributed by atoms with Gasteiger partial charge in [0.05, 0.1) is 11.4 Å². The summed E-state index contributed by atoms with van der Waals surface area (Å²) in [4.78, 5) is 8.64. The van der Waals surface area contributed by atoms with Gasteiger partial charge in [0.15, 0.2) is 16.0 Å². The Bertz CT molecular complexity index is 520. The lowest BCUT2D eigenvalue weighted by Crippen LogP contribution is -1.98. The number of hydrogen-bond donors (Lipinski definition) is 0. The van der Waals surface area contributed by atoms with Crippen LogP contribution in [0, 0.1) is 0 Å². The Hall–Kier alpha value is -0.810. The van der Waals surface area contributed by atoms with Crippen molar-refractivity contribution in [1.82, 2.24) is 19.7 Å². The molecule has 15 heavy (non-hydrogen) atoms. The number of halogens is 1. The minimum absolute atomic E-state index is 0.490. The van der Waals surface area contributed by atoms with Crippen LogP contribution in [0.4, 0.5) is 0 Å². The summed E-state index contributed by atoms with van der Waals surface area (Å²) in [5, 5.41) is 6.41. The first-order valence-electron chi connectivity index (χ1n) is 4.74. The van der Waals surface area contributed by atoms with E-state index in [1.165, 1.54) is 24.6 Å². The summed E-state index contributed by atoms with van der Waals surface area (Å²) < 4.78 is 1.93. The first-order chi connectivity index (χ1) is 7.29. The predicted molar refractivity (Wildman–Crippen MR) is 60.4 cm³/mol. The maximum atomic E-state index is 6.03. The van der Waals surface area contributed by atoms with Crippen molar-refractivity contribution in [3.05, 3.63) is 11.3 Å². The average Bonchev–Trinajstić information content (AvgIpc) is 3.04. The summed E-state index contributed by atoms with van der Waals surface area (Å²) in [7, 11) is 0. The predicted octanol–water partition coefficient (Wildman–Crippen LogP) is 2.54. The molecular weight excluding hydrogens is 232 g/mol. The molecule has 0 bridgehead atoms. The van der Waals surface area contributed by atoms with Crippen LogP contribution in [0.2, 0.25) is 5.15 Å². The van der Waals surface area contributed by atoms with E-state index in [2.05, 4.69) is 15.1 Å². The third kappa shape index (κ3) is 1.50. The van der Waals surface area contributed by atoms with Gasteiger partial charge in [-0.15, -0.1) is 0 Å². The van der Waals surface area contributed by atoms with Crippen LogP contribution in [0.15, 0.2) is 11.4 Å². The first-order valence-corrected chi connectivity index (χ1v) is 6.34. The minimum atomic E-state index is 0.490. The molecule has 0 radical (unpaired) electrons. The number of aromatic nitrogens is 4. The zero-order valence-corrected chi connectivity index (χ0v) is 9.72. The Morgan fingerprint density at radius 2 is 2.33 bits per heavy atom. The molecule has 6 heteroatoms. The monoisotopic (exact) mass is 240 g/mol. The molecule has 0 spiro atoms. The number of nitrogens with zero attached hydrogens (tertiary/aromatic N) is 4. The molecular formula is C9H9ClN4S. The van der Waals surface area contributed by atoms with E-state index in [4.69, 9.17) is 11.6 Å². The van der Waals surface area contributed by atoms with Crippen LogP contribution in [-0.4, -0.2) is 26.0 Å². The maximum Gasteiger partial charge on any atom is 0.189 e. The van der Waals surface area contributed by atoms with Crippen molar-refractivity contribution in [2.24, 2.45) is 0 Å². The van der Waals surface area contributed by atoms with Crippen LogP contribution < -0.4 is 0 Å². The van der Waals surface area contributed by atoms with Crippen LogP contribution in [0.5, 0.6) is 0 Å². The zero-order valence-electron chi connectivity index (χ0n) is 8.14. The van der Waals surface area contributed by atoms with E-state index in [0.29, 0.717) is 11.2 Å². The lowest BCUT2D eigenvalue weighted by atomic mass is 10.4. The highest BCUT2D eigenvalue weighted by atomic mass is 35.5. The molecule has 1 fully saturated rings. The summed E-state index contributed by atoms with van der Waals surface area (Å²) in [5.74, 6) is 0. The lowest BCUT2D eigenvalue weighted by Gasteiger charge is -1.99. The van der Waals surface area contributed by atoms with E-state index in [9.17, 15) is 0 Å². The van der Waals surface area contributed by atoms with Gasteiger partial charge in [-0.25, -0.2) is 14.6 Å². The van der Waals surface area contributed by atoms with Gasteiger partial charge < -0.3 is 0 Å². The van der Waals surface area contributed by atoms with Crippen molar-refractivity contribution < 1.29 is 0 Å². The van der Waals surface area contributed by atoms with Gasteiger partial charge >= 0.3 is 0 Å². The number of hydrogen-bond acceptors (Lipinski definition) is 4. The van der Waals surface area contributed by atoms with Gasteiger partial charge in [0.2, 0.25) is 0 Å². The van der Waals surface area contributed by atoms with E-state index in [-0.39, 0.29) is 0 Å². The molecule has 0 aliphatic heterocycles. The molecule has 4 nitrogen and oxygen atoms in total. The van der Waals surface area contributed by atoms with Crippen LogP contribution >= 0.6 is 23.4 Å². The van der Waals surface area contributed by atoms with E-state index >= 15 is 0 Å². The van der Waals surface area contributed by atoms with Crippen LogP contribution in [0.1, 0.15) is 18.9 Å². The second-order valence-electron chi connectivity index (χ2n) is 3.56. The third-order valence-corrected chi connectivity index (χ3v) is 3.30. The van der Waals surface area contributed by atoms with E-state index in [0.717, 1.165) is 16.2 Å². The van der Waals surface area contributed by atoms with Gasteiger partial charge in [-0.05, 0) is 19.1 Å². The molecule has 2 heterocycles. The number of fused-ring (bicyclic) bond motifs is 1. The van der Waals surface area contributed by atoms with Crippen LogP contribution in [-0.2, 0) is 0 Å². The summed E-state index contributed by atoms with van der Waals surface area (Å²) in [6.45, 7) is 0. The second kappa shape index (κ2) is 3.35. The van der Waals surface area contributed by atoms with E-state index in [1.807, 2.05) is 10.9 Å². The Balaban J connectivity index is 2.26. The molecule has 3 rings (SSSR count). The fourth-order valence-corrected chi connectivity index (χ4v) is 2.10. The summed E-state index contributed by atoms with van der Waals surface area (Å²) in [6, 6.07) is 0.490. The van der Waals surface area contributed by atoms with E-state index in [1.54, 1.807) is 6.20 Å². The second-order valence-corrected chi connectivity index (χ2v) is 4.69. The normalized spacial score (nSPS) is 16.1. The Morgan fingerprint density at radius 1 is 1.53 bits per heavy atom. The van der Waals surface area contributed by atoms with E-state index < -0.39 is 0 Å². The van der Waals surface area contributed by atoms with Gasteiger partial charge in [0, 0.05) is 6.20 Å². The highest BCUT2D eigenvalue weighted by Gasteiger charge is 2.28. The molecule has 0 amide bonds. The molecule has 1 saturated carbocycles. The van der Waals surface area contributed by atoms with Crippen molar-refractivity contribution in [3.63, 3.8) is 0 Å². The van der Waals surface area contributed by atoms with Gasteiger partial charge in [-0.2, -0.15) is 5.10 Å². The number of rotatable bonds is 2. The Kier molecular flexibility index (Phi) is 2.10. The molecule has 2 aromatic rings. The van der Waals surface area contributed by atoms with Gasteiger partial charge in [0.1, 0.15) is 0 Å². The average molecular weight is 241 g/mol. The first kappa shape index (κ1) is 9.42. The molecule has 0 atom stereocenters. The molecule has 2 aromatic heterocycles. The molecule has 1 aliphatic carbocycles. The zero-order chi connectivity index (χ0) is 10.4. The maximum absolute atomic E-state index is 6.03. The van der Waals surface area contributed by atoms with Gasteiger partial charge in [0.25, 0.3) is 0 Å². The summed E-state index contributed by atoms with van der Waals surface area (Å²) in [6.07, 6.45) is 6.06. The Morgan fingerprint density at radius 3 is 3.00 bits per heavy atom. The largest absolute Gasteiger partial charge is 0.243 e. The standard InChI is InChI=1S/C9H9ClN4S/c1-15-9-11-4-6-7(10)13-14(5-2-3-5)8(6)12-9/h4-5H,2-3H2,1H3. The molecule has 0 saturated heterocycles. The highest BCUT2D eigenvalue weighted by Crippen LogP contribution is 2.37. The molecule has 0 unspecified atom stereocenters. The van der Waals surface area contributed by atoms with Crippen molar-refractivity contribution in [3.8, 4) is 0 Å². The van der Waals surface area contributed by atoms with Crippen molar-refractivity contribution >= 4 is 34.4 Å². The third-order valence-electron chi connectivity index (χ3n) is 2.46. The molecule has 0 aromatic carbocycles. The fourth-order valence-electron chi connectivity index (χ4n) is 1.55. The SMILES string of the molecule is CSc1ncc2c(Cl)nn(C3CC3)c2n1. The molecule has 1 aliphatic rings. The summed E-state index contributed by atoms with van der Waals surface area (Å²) in [5.41, 5.74) is 0.863. The summed E-state index contributed by atoms with van der Waals surface area (Å²) >= 11 is 7.55. The van der Waals surface area contributed by atoms with Gasteiger partial charge in [-0.1, -0.05) is 23.4 Å². The Labute approximate surface area is 96.0 Å². The fraction of sp³-hybridized carbons (Fsp3) is 0.444. The topological polar surface area (TPSA) is 43.6 Å². The van der Waals surface area contributed by atoms with Crippen LogP contribution in [0.3, 0.4) is 0 Å². The van der Waals surface area contributed by atoms with Crippen molar-refractivity contribution in [1.29, 1.82) is 0 Å².